The fourth-order valence-electron chi connectivity index (χ4n) is 4.27. The van der Waals surface area contributed by atoms with Gasteiger partial charge in [-0.15, -0.1) is 0 Å². The summed E-state index contributed by atoms with van der Waals surface area (Å²) in [6, 6.07) is 9.99. The van der Waals surface area contributed by atoms with Gasteiger partial charge in [0.05, 0.1) is 12.7 Å². The molecule has 2 aliphatic heterocycles. The molecule has 7 heteroatoms. The Morgan fingerprint density at radius 1 is 1.07 bits per heavy atom. The number of hydrogen-bond acceptors (Lipinski definition) is 6. The second-order valence-electron chi connectivity index (χ2n) is 7.32. The molecule has 28 heavy (non-hydrogen) atoms. The molecular formula is C21H23N3O4. The number of methoxy groups -OCH3 is 1. The number of piperidine rings is 1. The Balaban J connectivity index is 1.38. The fourth-order valence-corrected chi connectivity index (χ4v) is 4.27. The Hall–Kier alpha value is -2.96. The number of fused-ring (bicyclic) bond motifs is 2. The Morgan fingerprint density at radius 3 is 2.32 bits per heavy atom. The number of benzene rings is 1. The van der Waals surface area contributed by atoms with E-state index in [0.717, 1.165) is 18.4 Å². The molecule has 0 radical (unpaired) electrons. The minimum atomic E-state index is -0.282. The standard InChI is InChI=1S/C21H23N3O4/c1-27-20-22-11-16(12-23-20)19(25)15-9-17-7-8-18(10-15)24(17)21(26)28-13-14-5-3-2-4-6-14/h2-6,11-12,15,17-18H,7-10,13H2,1H3. The van der Waals surface area contributed by atoms with Gasteiger partial charge in [0, 0.05) is 30.4 Å². The maximum Gasteiger partial charge on any atom is 0.410 e. The lowest BCUT2D eigenvalue weighted by Gasteiger charge is -2.37. The number of amides is 1. The molecular weight excluding hydrogens is 358 g/mol. The van der Waals surface area contributed by atoms with Crippen LogP contribution in [0.3, 0.4) is 0 Å². The molecule has 2 unspecified atom stereocenters. The van der Waals surface area contributed by atoms with Gasteiger partial charge in [0.15, 0.2) is 5.78 Å². The van der Waals surface area contributed by atoms with Crippen LogP contribution in [-0.4, -0.2) is 45.9 Å². The third kappa shape index (κ3) is 3.69. The van der Waals surface area contributed by atoms with Crippen molar-refractivity contribution in [3.63, 3.8) is 0 Å². The average molecular weight is 381 g/mol. The van der Waals surface area contributed by atoms with Crippen LogP contribution in [0, 0.1) is 5.92 Å². The fraction of sp³-hybridized carbons (Fsp3) is 0.429. The molecule has 1 amide bonds. The van der Waals surface area contributed by atoms with E-state index in [9.17, 15) is 9.59 Å². The Kier molecular flexibility index (Phi) is 5.23. The summed E-state index contributed by atoms with van der Waals surface area (Å²) in [5.41, 5.74) is 1.46. The van der Waals surface area contributed by atoms with E-state index < -0.39 is 0 Å². The first-order valence-electron chi connectivity index (χ1n) is 9.55. The highest BCUT2D eigenvalue weighted by molar-refractivity contribution is 5.97. The van der Waals surface area contributed by atoms with Gasteiger partial charge in [-0.1, -0.05) is 30.3 Å². The van der Waals surface area contributed by atoms with Gasteiger partial charge in [0.25, 0.3) is 0 Å². The minimum Gasteiger partial charge on any atom is -0.467 e. The molecule has 0 aliphatic carbocycles. The van der Waals surface area contributed by atoms with Crippen LogP contribution in [0.1, 0.15) is 41.6 Å². The molecule has 2 saturated heterocycles. The van der Waals surface area contributed by atoms with Crippen molar-refractivity contribution in [2.45, 2.75) is 44.4 Å². The number of carbonyl (C=O) groups is 2. The van der Waals surface area contributed by atoms with E-state index in [1.165, 1.54) is 19.5 Å². The van der Waals surface area contributed by atoms with Crippen LogP contribution in [0.2, 0.25) is 0 Å². The lowest BCUT2D eigenvalue weighted by Crippen LogP contribution is -2.48. The van der Waals surface area contributed by atoms with E-state index in [4.69, 9.17) is 9.47 Å². The lowest BCUT2D eigenvalue weighted by atomic mass is 9.85. The molecule has 2 fully saturated rings. The van der Waals surface area contributed by atoms with E-state index in [1.54, 1.807) is 0 Å². The summed E-state index contributed by atoms with van der Waals surface area (Å²) in [6.07, 6.45) is 5.87. The van der Waals surface area contributed by atoms with Crippen molar-refractivity contribution >= 4 is 11.9 Å². The molecule has 2 aromatic rings. The first kappa shape index (κ1) is 18.4. The van der Waals surface area contributed by atoms with Crippen LogP contribution >= 0.6 is 0 Å². The smallest absolute Gasteiger partial charge is 0.410 e. The summed E-state index contributed by atoms with van der Waals surface area (Å²) in [5.74, 6) is -0.0791. The first-order chi connectivity index (χ1) is 13.7. The molecule has 0 saturated carbocycles. The second kappa shape index (κ2) is 7.96. The van der Waals surface area contributed by atoms with Gasteiger partial charge in [0.1, 0.15) is 6.61 Å². The zero-order chi connectivity index (χ0) is 19.5. The molecule has 2 atom stereocenters. The van der Waals surface area contributed by atoms with Crippen molar-refractivity contribution in [3.05, 3.63) is 53.9 Å². The van der Waals surface area contributed by atoms with E-state index in [1.807, 2.05) is 35.2 Å². The molecule has 1 aromatic heterocycles. The SMILES string of the molecule is COc1ncc(C(=O)C2CC3CCC(C2)N3C(=O)OCc2ccccc2)cn1. The number of carbonyl (C=O) groups excluding carboxylic acids is 2. The highest BCUT2D eigenvalue weighted by Gasteiger charge is 2.46. The predicted molar refractivity (Wildman–Crippen MR) is 101 cm³/mol. The Morgan fingerprint density at radius 2 is 1.71 bits per heavy atom. The molecule has 0 N–H and O–H groups in total. The highest BCUT2D eigenvalue weighted by atomic mass is 16.6. The minimum absolute atomic E-state index is 0.0388. The maximum absolute atomic E-state index is 12.8. The molecule has 4 rings (SSSR count). The molecule has 1 aromatic carbocycles. The zero-order valence-corrected chi connectivity index (χ0v) is 15.8. The van der Waals surface area contributed by atoms with E-state index in [2.05, 4.69) is 9.97 Å². The number of Topliss-reactive ketones (excluding diaryl/α,β-unsaturated/α-hetero) is 1. The summed E-state index contributed by atoms with van der Waals surface area (Å²) >= 11 is 0. The van der Waals surface area contributed by atoms with E-state index >= 15 is 0 Å². The molecule has 0 spiro atoms. The van der Waals surface area contributed by atoms with Crippen molar-refractivity contribution in [1.82, 2.24) is 14.9 Å². The van der Waals surface area contributed by atoms with Crippen molar-refractivity contribution in [1.29, 1.82) is 0 Å². The largest absolute Gasteiger partial charge is 0.467 e. The topological polar surface area (TPSA) is 81.6 Å². The van der Waals surface area contributed by atoms with Gasteiger partial charge >= 0.3 is 12.1 Å². The second-order valence-corrected chi connectivity index (χ2v) is 7.32. The summed E-state index contributed by atoms with van der Waals surface area (Å²) in [7, 11) is 1.49. The molecule has 2 bridgehead atoms. The normalized spacial score (nSPS) is 23.3. The number of aromatic nitrogens is 2. The highest BCUT2D eigenvalue weighted by Crippen LogP contribution is 2.40. The summed E-state index contributed by atoms with van der Waals surface area (Å²) in [4.78, 5) is 35.4. The Bertz CT molecular complexity index is 826. The van der Waals surface area contributed by atoms with Crippen LogP contribution in [0.25, 0.3) is 0 Å². The van der Waals surface area contributed by atoms with Gasteiger partial charge in [0.2, 0.25) is 0 Å². The van der Waals surface area contributed by atoms with Gasteiger partial charge in [-0.2, -0.15) is 0 Å². The van der Waals surface area contributed by atoms with Crippen molar-refractivity contribution in [2.24, 2.45) is 5.92 Å². The molecule has 146 valence electrons. The third-order valence-corrected chi connectivity index (χ3v) is 5.62. The van der Waals surface area contributed by atoms with Crippen molar-refractivity contribution in [2.75, 3.05) is 7.11 Å². The monoisotopic (exact) mass is 381 g/mol. The summed E-state index contributed by atoms with van der Waals surface area (Å²) < 4.78 is 10.5. The lowest BCUT2D eigenvalue weighted by molar-refractivity contribution is 0.0484. The van der Waals surface area contributed by atoms with Gasteiger partial charge < -0.3 is 14.4 Å². The quantitative estimate of drug-likeness (QED) is 0.740. The van der Waals surface area contributed by atoms with Crippen LogP contribution in [0.15, 0.2) is 42.7 Å². The van der Waals surface area contributed by atoms with Crippen LogP contribution in [0.5, 0.6) is 6.01 Å². The van der Waals surface area contributed by atoms with Gasteiger partial charge in [-0.3, -0.25) is 4.79 Å². The van der Waals surface area contributed by atoms with Crippen LogP contribution in [-0.2, 0) is 11.3 Å². The number of rotatable bonds is 5. The third-order valence-electron chi connectivity index (χ3n) is 5.62. The summed E-state index contributed by atoms with van der Waals surface area (Å²) in [6.45, 7) is 0.265. The summed E-state index contributed by atoms with van der Waals surface area (Å²) in [5, 5.41) is 0. The number of hydrogen-bond donors (Lipinski definition) is 0. The van der Waals surface area contributed by atoms with E-state index in [0.29, 0.717) is 18.4 Å². The first-order valence-corrected chi connectivity index (χ1v) is 9.55. The predicted octanol–water partition coefficient (Wildman–Crippen LogP) is 3.25. The molecule has 2 aliphatic rings. The maximum atomic E-state index is 12.8. The number of ketones is 1. The van der Waals surface area contributed by atoms with E-state index in [-0.39, 0.29) is 42.5 Å². The van der Waals surface area contributed by atoms with Crippen molar-refractivity contribution < 1.29 is 19.1 Å². The molecule has 3 heterocycles. The number of nitrogens with zero attached hydrogens (tertiary/aromatic N) is 3. The number of ether oxygens (including phenoxy) is 2. The van der Waals surface area contributed by atoms with Gasteiger partial charge in [-0.05, 0) is 31.2 Å². The average Bonchev–Trinajstić information content (AvgIpc) is 3.01. The van der Waals surface area contributed by atoms with Crippen molar-refractivity contribution in [3.8, 4) is 6.01 Å². The zero-order valence-electron chi connectivity index (χ0n) is 15.8. The van der Waals surface area contributed by atoms with Gasteiger partial charge in [-0.25, -0.2) is 14.8 Å². The Labute approximate surface area is 163 Å². The molecule has 7 nitrogen and oxygen atoms in total. The van der Waals surface area contributed by atoms with Crippen LogP contribution < -0.4 is 4.74 Å². The van der Waals surface area contributed by atoms with Crippen LogP contribution in [0.4, 0.5) is 4.79 Å².